The summed E-state index contributed by atoms with van der Waals surface area (Å²) in [5.74, 6) is 1.93. The summed E-state index contributed by atoms with van der Waals surface area (Å²) < 4.78 is 11.1. The van der Waals surface area contributed by atoms with Crippen LogP contribution < -0.4 is 14.8 Å². The standard InChI is InChI=1S/C20H25NO3S/c1-4-17(24-19-8-6-5-7-18(19)23-3)20(22)21-13-14-25-16-11-9-15(2)10-12-16/h5-12,17H,4,13-14H2,1-3H3,(H,21,22)/t17-/m0/s1. The fourth-order valence-corrected chi connectivity index (χ4v) is 3.05. The van der Waals surface area contributed by atoms with Crippen LogP contribution in [0.1, 0.15) is 18.9 Å². The Bertz CT molecular complexity index is 673. The van der Waals surface area contributed by atoms with Crippen LogP contribution in [-0.2, 0) is 4.79 Å². The summed E-state index contributed by atoms with van der Waals surface area (Å²) in [7, 11) is 1.59. The molecule has 0 unspecified atom stereocenters. The number of hydrogen-bond acceptors (Lipinski definition) is 4. The molecular weight excluding hydrogens is 334 g/mol. The Labute approximate surface area is 153 Å². The zero-order valence-electron chi connectivity index (χ0n) is 15.0. The van der Waals surface area contributed by atoms with E-state index in [1.807, 2.05) is 31.2 Å². The van der Waals surface area contributed by atoms with Gasteiger partial charge in [-0.15, -0.1) is 11.8 Å². The highest BCUT2D eigenvalue weighted by atomic mass is 32.2. The molecule has 0 heterocycles. The smallest absolute Gasteiger partial charge is 0.261 e. The molecular formula is C20H25NO3S. The van der Waals surface area contributed by atoms with Crippen LogP contribution in [0.5, 0.6) is 11.5 Å². The number of aryl methyl sites for hydroxylation is 1. The summed E-state index contributed by atoms with van der Waals surface area (Å²) in [5.41, 5.74) is 1.25. The number of nitrogens with one attached hydrogen (secondary N) is 1. The molecule has 0 aliphatic carbocycles. The van der Waals surface area contributed by atoms with Crippen molar-refractivity contribution in [3.8, 4) is 11.5 Å². The Morgan fingerprint density at radius 2 is 1.80 bits per heavy atom. The van der Waals surface area contributed by atoms with Crippen molar-refractivity contribution in [1.29, 1.82) is 0 Å². The third kappa shape index (κ3) is 6.02. The van der Waals surface area contributed by atoms with E-state index in [9.17, 15) is 4.79 Å². The number of carbonyl (C=O) groups excluding carboxylic acids is 1. The summed E-state index contributed by atoms with van der Waals surface area (Å²) in [6, 6.07) is 15.7. The lowest BCUT2D eigenvalue weighted by Gasteiger charge is -2.18. The minimum atomic E-state index is -0.527. The molecule has 25 heavy (non-hydrogen) atoms. The highest BCUT2D eigenvalue weighted by molar-refractivity contribution is 7.99. The number of amides is 1. The summed E-state index contributed by atoms with van der Waals surface area (Å²) in [6.45, 7) is 4.60. The van der Waals surface area contributed by atoms with Gasteiger partial charge in [-0.1, -0.05) is 36.8 Å². The maximum Gasteiger partial charge on any atom is 0.261 e. The molecule has 5 heteroatoms. The van der Waals surface area contributed by atoms with Gasteiger partial charge in [-0.3, -0.25) is 4.79 Å². The maximum absolute atomic E-state index is 12.3. The molecule has 2 aromatic rings. The molecule has 134 valence electrons. The summed E-state index contributed by atoms with van der Waals surface area (Å²) >= 11 is 1.72. The predicted octanol–water partition coefficient (Wildman–Crippen LogP) is 4.07. The fourth-order valence-electron chi connectivity index (χ4n) is 2.28. The first kappa shape index (κ1) is 19.2. The van der Waals surface area contributed by atoms with Crippen LogP contribution in [0.4, 0.5) is 0 Å². The lowest BCUT2D eigenvalue weighted by atomic mass is 10.2. The molecule has 2 aromatic carbocycles. The number of para-hydroxylation sites is 2. The molecule has 1 atom stereocenters. The van der Waals surface area contributed by atoms with E-state index < -0.39 is 6.10 Å². The Kier molecular flexibility index (Phi) is 7.67. The van der Waals surface area contributed by atoms with Gasteiger partial charge in [0.1, 0.15) is 0 Å². The van der Waals surface area contributed by atoms with E-state index in [1.54, 1.807) is 18.9 Å². The number of hydrogen-bond donors (Lipinski definition) is 1. The first-order chi connectivity index (χ1) is 12.1. The fraction of sp³-hybridized carbons (Fsp3) is 0.350. The first-order valence-corrected chi connectivity index (χ1v) is 9.39. The normalized spacial score (nSPS) is 11.6. The van der Waals surface area contributed by atoms with E-state index in [4.69, 9.17) is 9.47 Å². The topological polar surface area (TPSA) is 47.6 Å². The average molecular weight is 359 g/mol. The minimum absolute atomic E-state index is 0.0992. The van der Waals surface area contributed by atoms with Crippen molar-refractivity contribution < 1.29 is 14.3 Å². The Morgan fingerprint density at radius 3 is 2.44 bits per heavy atom. The van der Waals surface area contributed by atoms with Crippen molar-refractivity contribution in [2.45, 2.75) is 31.3 Å². The third-order valence-corrected chi connectivity index (χ3v) is 4.71. The van der Waals surface area contributed by atoms with Crippen LogP contribution in [0, 0.1) is 6.92 Å². The largest absolute Gasteiger partial charge is 0.493 e. The third-order valence-electron chi connectivity index (χ3n) is 3.69. The van der Waals surface area contributed by atoms with Gasteiger partial charge < -0.3 is 14.8 Å². The SMILES string of the molecule is CC[C@H](Oc1ccccc1OC)C(=O)NCCSc1ccc(C)cc1. The second-order valence-electron chi connectivity index (χ2n) is 5.62. The average Bonchev–Trinajstić information content (AvgIpc) is 2.64. The van der Waals surface area contributed by atoms with E-state index in [-0.39, 0.29) is 5.91 Å². The van der Waals surface area contributed by atoms with Crippen LogP contribution in [0.2, 0.25) is 0 Å². The van der Waals surface area contributed by atoms with Gasteiger partial charge >= 0.3 is 0 Å². The number of carbonyl (C=O) groups is 1. The molecule has 0 saturated carbocycles. The van der Waals surface area contributed by atoms with Crippen LogP contribution in [0.3, 0.4) is 0 Å². The molecule has 2 rings (SSSR count). The van der Waals surface area contributed by atoms with Crippen LogP contribution in [0.15, 0.2) is 53.4 Å². The van der Waals surface area contributed by atoms with Gasteiger partial charge in [-0.05, 0) is 37.6 Å². The lowest BCUT2D eigenvalue weighted by Crippen LogP contribution is -2.39. The highest BCUT2D eigenvalue weighted by Gasteiger charge is 2.19. The zero-order chi connectivity index (χ0) is 18.1. The molecule has 0 aromatic heterocycles. The van der Waals surface area contributed by atoms with Crippen molar-refractivity contribution in [1.82, 2.24) is 5.32 Å². The molecule has 4 nitrogen and oxygen atoms in total. The summed E-state index contributed by atoms with van der Waals surface area (Å²) in [5, 5.41) is 2.95. The summed E-state index contributed by atoms with van der Waals surface area (Å²) in [6.07, 6.45) is 0.0651. The van der Waals surface area contributed by atoms with Crippen molar-refractivity contribution in [3.63, 3.8) is 0 Å². The first-order valence-electron chi connectivity index (χ1n) is 8.41. The van der Waals surface area contributed by atoms with Gasteiger partial charge in [-0.25, -0.2) is 0 Å². The van der Waals surface area contributed by atoms with E-state index >= 15 is 0 Å². The van der Waals surface area contributed by atoms with E-state index in [2.05, 4.69) is 36.5 Å². The molecule has 1 N–H and O–H groups in total. The Balaban J connectivity index is 1.80. The maximum atomic E-state index is 12.3. The predicted molar refractivity (Wildman–Crippen MR) is 103 cm³/mol. The van der Waals surface area contributed by atoms with Gasteiger partial charge in [0.05, 0.1) is 7.11 Å². The molecule has 1 amide bonds. The monoisotopic (exact) mass is 359 g/mol. The molecule has 0 aliphatic rings. The van der Waals surface area contributed by atoms with Gasteiger partial charge in [0.15, 0.2) is 17.6 Å². The van der Waals surface area contributed by atoms with Crippen molar-refractivity contribution >= 4 is 17.7 Å². The Morgan fingerprint density at radius 1 is 1.12 bits per heavy atom. The van der Waals surface area contributed by atoms with Crippen LogP contribution in [-0.4, -0.2) is 31.4 Å². The number of rotatable bonds is 9. The van der Waals surface area contributed by atoms with E-state index in [0.29, 0.717) is 24.5 Å². The van der Waals surface area contributed by atoms with Crippen molar-refractivity contribution in [3.05, 3.63) is 54.1 Å². The lowest BCUT2D eigenvalue weighted by molar-refractivity contribution is -0.128. The Hall–Kier alpha value is -2.14. The molecule has 0 fully saturated rings. The molecule has 0 saturated heterocycles. The quantitative estimate of drug-likeness (QED) is 0.542. The van der Waals surface area contributed by atoms with Crippen LogP contribution >= 0.6 is 11.8 Å². The van der Waals surface area contributed by atoms with Gasteiger partial charge in [0.2, 0.25) is 0 Å². The number of methoxy groups -OCH3 is 1. The summed E-state index contributed by atoms with van der Waals surface area (Å²) in [4.78, 5) is 13.6. The second kappa shape index (κ2) is 9.99. The zero-order valence-corrected chi connectivity index (χ0v) is 15.8. The number of benzene rings is 2. The van der Waals surface area contributed by atoms with E-state index in [1.165, 1.54) is 10.5 Å². The van der Waals surface area contributed by atoms with Gasteiger partial charge in [-0.2, -0.15) is 0 Å². The van der Waals surface area contributed by atoms with Crippen LogP contribution in [0.25, 0.3) is 0 Å². The molecule has 0 spiro atoms. The van der Waals surface area contributed by atoms with Crippen molar-refractivity contribution in [2.24, 2.45) is 0 Å². The van der Waals surface area contributed by atoms with Gasteiger partial charge in [0.25, 0.3) is 5.91 Å². The number of ether oxygens (including phenoxy) is 2. The molecule has 0 radical (unpaired) electrons. The molecule has 0 aliphatic heterocycles. The van der Waals surface area contributed by atoms with E-state index in [0.717, 1.165) is 5.75 Å². The number of thioether (sulfide) groups is 1. The highest BCUT2D eigenvalue weighted by Crippen LogP contribution is 2.27. The van der Waals surface area contributed by atoms with Gasteiger partial charge in [0, 0.05) is 17.2 Å². The second-order valence-corrected chi connectivity index (χ2v) is 6.79. The van der Waals surface area contributed by atoms with Crippen molar-refractivity contribution in [2.75, 3.05) is 19.4 Å². The molecule has 0 bridgehead atoms. The minimum Gasteiger partial charge on any atom is -0.493 e.